The molecule has 0 bridgehead atoms. The van der Waals surface area contributed by atoms with Gasteiger partial charge in [-0.2, -0.15) is 0 Å². The molecule has 1 N–H and O–H groups in total. The van der Waals surface area contributed by atoms with Crippen molar-refractivity contribution in [2.24, 2.45) is 0 Å². The topological polar surface area (TPSA) is 23.5 Å². The van der Waals surface area contributed by atoms with Gasteiger partial charge in [-0.05, 0) is 37.6 Å². The van der Waals surface area contributed by atoms with Crippen LogP contribution in [0.5, 0.6) is 0 Å². The number of benzene rings is 1. The number of likely N-dealkylation sites (N-methyl/N-ethyl adjacent to an activating group) is 1. The molecule has 0 spiro atoms. The minimum absolute atomic E-state index is 0.373. The van der Waals surface area contributed by atoms with E-state index in [9.17, 15) is 5.11 Å². The van der Waals surface area contributed by atoms with E-state index in [0.29, 0.717) is 6.54 Å². The quantitative estimate of drug-likeness (QED) is 0.798. The Hall–Kier alpha value is -0.860. The van der Waals surface area contributed by atoms with Crippen molar-refractivity contribution < 1.29 is 5.11 Å². The molecule has 0 heterocycles. The van der Waals surface area contributed by atoms with Crippen molar-refractivity contribution in [3.63, 3.8) is 0 Å². The van der Waals surface area contributed by atoms with Crippen molar-refractivity contribution in [2.45, 2.75) is 32.8 Å². The molecule has 0 radical (unpaired) electrons. The lowest BCUT2D eigenvalue weighted by atomic mass is 10.1. The zero-order valence-electron chi connectivity index (χ0n) is 10.6. The maximum Gasteiger partial charge on any atom is 0.0916 e. The smallest absolute Gasteiger partial charge is 0.0916 e. The van der Waals surface area contributed by atoms with Gasteiger partial charge in [-0.3, -0.25) is 0 Å². The molecule has 2 nitrogen and oxygen atoms in total. The summed E-state index contributed by atoms with van der Waals surface area (Å²) in [6, 6.07) is 8.25. The zero-order valence-corrected chi connectivity index (χ0v) is 10.6. The second kappa shape index (κ2) is 6.66. The first kappa shape index (κ1) is 13.2. The fourth-order valence-electron chi connectivity index (χ4n) is 1.85. The SMILES string of the molecule is CCCN(C)CC(O)c1ccc(CC)cc1. The van der Waals surface area contributed by atoms with E-state index in [2.05, 4.69) is 30.9 Å². The van der Waals surface area contributed by atoms with Crippen LogP contribution in [-0.4, -0.2) is 30.1 Å². The standard InChI is InChI=1S/C14H23NO/c1-4-10-15(3)11-14(16)13-8-6-12(5-2)7-9-13/h6-9,14,16H,4-5,10-11H2,1-3H3. The van der Waals surface area contributed by atoms with Crippen molar-refractivity contribution in [3.05, 3.63) is 35.4 Å². The van der Waals surface area contributed by atoms with Crippen molar-refractivity contribution in [1.82, 2.24) is 4.90 Å². The lowest BCUT2D eigenvalue weighted by Gasteiger charge is -2.20. The van der Waals surface area contributed by atoms with Gasteiger partial charge in [0.05, 0.1) is 6.10 Å². The summed E-state index contributed by atoms with van der Waals surface area (Å²) in [5, 5.41) is 10.0. The summed E-state index contributed by atoms with van der Waals surface area (Å²) in [5.41, 5.74) is 2.33. The molecule has 0 amide bonds. The number of aryl methyl sites for hydroxylation is 1. The highest BCUT2D eigenvalue weighted by atomic mass is 16.3. The third kappa shape index (κ3) is 3.95. The van der Waals surface area contributed by atoms with Crippen LogP contribution in [0, 0.1) is 0 Å². The first-order valence-electron chi connectivity index (χ1n) is 6.12. The van der Waals surface area contributed by atoms with Gasteiger partial charge in [0.15, 0.2) is 0 Å². The Morgan fingerprint density at radius 1 is 1.19 bits per heavy atom. The van der Waals surface area contributed by atoms with Crippen LogP contribution < -0.4 is 0 Å². The molecule has 1 rings (SSSR count). The Kier molecular flexibility index (Phi) is 5.50. The van der Waals surface area contributed by atoms with Crippen LogP contribution in [0.15, 0.2) is 24.3 Å². The van der Waals surface area contributed by atoms with Crippen molar-refractivity contribution in [2.75, 3.05) is 20.1 Å². The lowest BCUT2D eigenvalue weighted by Crippen LogP contribution is -2.25. The molecule has 1 atom stereocenters. The summed E-state index contributed by atoms with van der Waals surface area (Å²) in [7, 11) is 2.05. The molecule has 0 aliphatic rings. The molecule has 1 aromatic carbocycles. The van der Waals surface area contributed by atoms with Crippen molar-refractivity contribution in [1.29, 1.82) is 0 Å². The van der Waals surface area contributed by atoms with Crippen molar-refractivity contribution in [3.8, 4) is 0 Å². The highest BCUT2D eigenvalue weighted by Crippen LogP contribution is 2.15. The molecule has 0 fully saturated rings. The van der Waals surface area contributed by atoms with E-state index in [1.54, 1.807) is 0 Å². The van der Waals surface area contributed by atoms with E-state index in [1.807, 2.05) is 19.2 Å². The predicted octanol–water partition coefficient (Wildman–Crippen LogP) is 2.62. The third-order valence-electron chi connectivity index (χ3n) is 2.86. The molecule has 1 unspecified atom stereocenters. The Balaban J connectivity index is 2.55. The fourth-order valence-corrected chi connectivity index (χ4v) is 1.85. The highest BCUT2D eigenvalue weighted by Gasteiger charge is 2.09. The van der Waals surface area contributed by atoms with E-state index >= 15 is 0 Å². The molecule has 2 heteroatoms. The highest BCUT2D eigenvalue weighted by molar-refractivity contribution is 5.24. The van der Waals surface area contributed by atoms with Gasteiger partial charge in [-0.1, -0.05) is 38.1 Å². The molecule has 0 aliphatic carbocycles. The third-order valence-corrected chi connectivity index (χ3v) is 2.86. The fraction of sp³-hybridized carbons (Fsp3) is 0.571. The van der Waals surface area contributed by atoms with Gasteiger partial charge in [0.2, 0.25) is 0 Å². The van der Waals surface area contributed by atoms with Gasteiger partial charge < -0.3 is 10.0 Å². The lowest BCUT2D eigenvalue weighted by molar-refractivity contribution is 0.127. The minimum atomic E-state index is -0.373. The van der Waals surface area contributed by atoms with Gasteiger partial charge in [-0.15, -0.1) is 0 Å². The number of hydrogen-bond acceptors (Lipinski definition) is 2. The Bertz CT molecular complexity index is 294. The number of rotatable bonds is 6. The van der Waals surface area contributed by atoms with Crippen LogP contribution >= 0.6 is 0 Å². The van der Waals surface area contributed by atoms with Gasteiger partial charge >= 0.3 is 0 Å². The van der Waals surface area contributed by atoms with E-state index in [1.165, 1.54) is 5.56 Å². The van der Waals surface area contributed by atoms with Crippen LogP contribution in [0.1, 0.15) is 37.5 Å². The summed E-state index contributed by atoms with van der Waals surface area (Å²) in [6.45, 7) is 6.03. The molecule has 90 valence electrons. The molecular formula is C14H23NO. The summed E-state index contributed by atoms with van der Waals surface area (Å²) in [6.07, 6.45) is 1.80. The number of nitrogens with zero attached hydrogens (tertiary/aromatic N) is 1. The predicted molar refractivity (Wildman–Crippen MR) is 68.6 cm³/mol. The molecule has 1 aromatic rings. The molecule has 16 heavy (non-hydrogen) atoms. The van der Waals surface area contributed by atoms with Crippen LogP contribution in [0.3, 0.4) is 0 Å². The van der Waals surface area contributed by atoms with E-state index in [-0.39, 0.29) is 6.10 Å². The van der Waals surface area contributed by atoms with Gasteiger partial charge in [0, 0.05) is 6.54 Å². The van der Waals surface area contributed by atoms with Crippen LogP contribution in [0.4, 0.5) is 0 Å². The van der Waals surface area contributed by atoms with Gasteiger partial charge in [-0.25, -0.2) is 0 Å². The van der Waals surface area contributed by atoms with E-state index in [4.69, 9.17) is 0 Å². The van der Waals surface area contributed by atoms with Crippen LogP contribution in [-0.2, 0) is 6.42 Å². The second-order valence-corrected chi connectivity index (χ2v) is 4.37. The molecule has 0 saturated carbocycles. The minimum Gasteiger partial charge on any atom is -0.387 e. The summed E-state index contributed by atoms with van der Waals surface area (Å²) >= 11 is 0. The van der Waals surface area contributed by atoms with Gasteiger partial charge in [0.25, 0.3) is 0 Å². The number of hydrogen-bond donors (Lipinski definition) is 1. The first-order chi connectivity index (χ1) is 7.67. The zero-order chi connectivity index (χ0) is 12.0. The normalized spacial score (nSPS) is 13.1. The molecule has 0 aliphatic heterocycles. The van der Waals surface area contributed by atoms with E-state index in [0.717, 1.165) is 24.9 Å². The Morgan fingerprint density at radius 2 is 1.81 bits per heavy atom. The Morgan fingerprint density at radius 3 is 2.31 bits per heavy atom. The molecular weight excluding hydrogens is 198 g/mol. The van der Waals surface area contributed by atoms with Gasteiger partial charge in [0.1, 0.15) is 0 Å². The maximum absolute atomic E-state index is 10.0. The Labute approximate surface area is 98.9 Å². The molecule has 0 aromatic heterocycles. The summed E-state index contributed by atoms with van der Waals surface area (Å²) in [4.78, 5) is 2.17. The molecule has 0 saturated heterocycles. The average Bonchev–Trinajstić information content (AvgIpc) is 2.29. The maximum atomic E-state index is 10.0. The largest absolute Gasteiger partial charge is 0.387 e. The van der Waals surface area contributed by atoms with E-state index < -0.39 is 0 Å². The second-order valence-electron chi connectivity index (χ2n) is 4.37. The average molecular weight is 221 g/mol. The first-order valence-corrected chi connectivity index (χ1v) is 6.12. The summed E-state index contributed by atoms with van der Waals surface area (Å²) < 4.78 is 0. The monoisotopic (exact) mass is 221 g/mol. The number of aliphatic hydroxyl groups is 1. The van der Waals surface area contributed by atoms with Crippen molar-refractivity contribution >= 4 is 0 Å². The number of aliphatic hydroxyl groups excluding tert-OH is 1. The van der Waals surface area contributed by atoms with Crippen LogP contribution in [0.2, 0.25) is 0 Å². The summed E-state index contributed by atoms with van der Waals surface area (Å²) in [5.74, 6) is 0. The van der Waals surface area contributed by atoms with Crippen LogP contribution in [0.25, 0.3) is 0 Å².